The van der Waals surface area contributed by atoms with Crippen LogP contribution in [0.1, 0.15) is 79.6 Å². The summed E-state index contributed by atoms with van der Waals surface area (Å²) >= 11 is 0. The Labute approximate surface area is 198 Å². The maximum absolute atomic E-state index is 14.0. The van der Waals surface area contributed by atoms with Crippen LogP contribution in [0.4, 0.5) is 0 Å². The second-order valence-corrected chi connectivity index (χ2v) is 12.8. The van der Waals surface area contributed by atoms with E-state index in [1.54, 1.807) is 6.08 Å². The second-order valence-electron chi connectivity index (χ2n) is 12.8. The molecule has 5 aliphatic carbocycles. The molecule has 0 bridgehead atoms. The number of carbonyl (C=O) groups is 1. The zero-order valence-electron chi connectivity index (χ0n) is 20.8. The lowest BCUT2D eigenvalue weighted by Gasteiger charge is -2.60. The lowest BCUT2D eigenvalue weighted by atomic mass is 9.46. The molecule has 3 fully saturated rings. The zero-order valence-corrected chi connectivity index (χ0v) is 20.8. The van der Waals surface area contributed by atoms with E-state index in [2.05, 4.69) is 27.7 Å². The second kappa shape index (κ2) is 7.25. The van der Waals surface area contributed by atoms with E-state index in [9.17, 15) is 25.2 Å². The molecular weight excluding hydrogens is 416 g/mol. The molecule has 33 heavy (non-hydrogen) atoms. The molecule has 0 aliphatic heterocycles. The summed E-state index contributed by atoms with van der Waals surface area (Å²) in [4.78, 5) is 14.0. The topological polar surface area (TPSA) is 98.0 Å². The van der Waals surface area contributed by atoms with E-state index in [0.717, 1.165) is 19.3 Å². The van der Waals surface area contributed by atoms with E-state index in [-0.39, 0.29) is 29.5 Å². The third-order valence-electron chi connectivity index (χ3n) is 11.4. The third-order valence-corrected chi connectivity index (χ3v) is 11.4. The number of hydrogen-bond acceptors (Lipinski definition) is 5. The molecule has 5 nitrogen and oxygen atoms in total. The summed E-state index contributed by atoms with van der Waals surface area (Å²) < 4.78 is 0. The van der Waals surface area contributed by atoms with Crippen LogP contribution in [-0.2, 0) is 4.79 Å². The highest BCUT2D eigenvalue weighted by Gasteiger charge is 2.72. The molecule has 0 radical (unpaired) electrons. The van der Waals surface area contributed by atoms with Crippen LogP contribution in [0, 0.1) is 40.4 Å². The number of allylic oxidation sites excluding steroid dienone is 1. The molecule has 3 saturated carbocycles. The summed E-state index contributed by atoms with van der Waals surface area (Å²) in [7, 11) is 0. The number of ketones is 1. The Morgan fingerprint density at radius 1 is 1.12 bits per heavy atom. The van der Waals surface area contributed by atoms with Crippen molar-refractivity contribution in [1.29, 1.82) is 0 Å². The standard InChI is InChI=1S/C28H42O5/c1-15(2)16(3)24(31)19-13-26-14-23(30)28(33)22(21(26)7-6-20(26)17(19)4)9-11-27(32)12-18(29)8-10-25(27,28)5/h9,11,15-20,24,29,31-33H,6-8,10,12-14H2,1-5H3/t16-,17+,18+,19-,20-,24+,25+,26-,27+,28-/m0/s1. The van der Waals surface area contributed by atoms with Gasteiger partial charge >= 0.3 is 0 Å². The molecule has 0 amide bonds. The normalized spacial score (nSPS) is 50.7. The Balaban J connectivity index is 1.62. The van der Waals surface area contributed by atoms with E-state index < -0.39 is 28.8 Å². The van der Waals surface area contributed by atoms with Gasteiger partial charge in [0.2, 0.25) is 0 Å². The number of fused-ring (bicyclic) bond motifs is 3. The van der Waals surface area contributed by atoms with Crippen molar-refractivity contribution < 1.29 is 25.2 Å². The van der Waals surface area contributed by atoms with Crippen LogP contribution < -0.4 is 0 Å². The van der Waals surface area contributed by atoms with Gasteiger partial charge in [-0.3, -0.25) is 4.79 Å². The summed E-state index contributed by atoms with van der Waals surface area (Å²) in [6.07, 6.45) is 6.47. The average molecular weight is 459 g/mol. The highest BCUT2D eigenvalue weighted by atomic mass is 16.3. The minimum atomic E-state index is -1.72. The molecule has 0 aromatic carbocycles. The van der Waals surface area contributed by atoms with Crippen molar-refractivity contribution in [3.63, 3.8) is 0 Å². The zero-order chi connectivity index (χ0) is 24.1. The lowest BCUT2D eigenvalue weighted by Crippen LogP contribution is -2.70. The Kier molecular flexibility index (Phi) is 5.21. The molecule has 5 aliphatic rings. The number of Topliss-reactive ketones (excluding diaryl/α,β-unsaturated/α-hetero) is 1. The number of aliphatic hydroxyl groups is 4. The van der Waals surface area contributed by atoms with Gasteiger partial charge in [-0.25, -0.2) is 0 Å². The SMILES string of the molecule is CC(C)[C@H](C)[C@@H](O)[C@H]1C[C@@]23CC(=O)[C@@]4(O)C(=C2CC[C@H]3[C@@H]1C)C=C[C@@]1(O)C[C@H](O)CC[C@@]41C. The maximum Gasteiger partial charge on any atom is 0.170 e. The predicted octanol–water partition coefficient (Wildman–Crippen LogP) is 3.54. The van der Waals surface area contributed by atoms with Gasteiger partial charge < -0.3 is 20.4 Å². The van der Waals surface area contributed by atoms with E-state index in [1.807, 2.05) is 13.0 Å². The largest absolute Gasteiger partial charge is 0.393 e. The van der Waals surface area contributed by atoms with E-state index in [1.165, 1.54) is 5.57 Å². The molecule has 0 unspecified atom stereocenters. The molecule has 5 heteroatoms. The minimum Gasteiger partial charge on any atom is -0.393 e. The Bertz CT molecular complexity index is 921. The summed E-state index contributed by atoms with van der Waals surface area (Å²) in [5.74, 6) is 1.20. The summed E-state index contributed by atoms with van der Waals surface area (Å²) in [6.45, 7) is 10.5. The molecule has 184 valence electrons. The highest BCUT2D eigenvalue weighted by molar-refractivity contribution is 5.96. The first-order chi connectivity index (χ1) is 15.3. The highest BCUT2D eigenvalue weighted by Crippen LogP contribution is 2.70. The number of rotatable bonds is 3. The van der Waals surface area contributed by atoms with Gasteiger partial charge in [0.1, 0.15) is 0 Å². The van der Waals surface area contributed by atoms with Gasteiger partial charge in [0, 0.05) is 23.7 Å². The maximum atomic E-state index is 14.0. The minimum absolute atomic E-state index is 0.143. The Morgan fingerprint density at radius 2 is 1.82 bits per heavy atom. The van der Waals surface area contributed by atoms with Crippen molar-refractivity contribution >= 4 is 5.78 Å². The summed E-state index contributed by atoms with van der Waals surface area (Å²) in [5.41, 5.74) is -2.57. The first kappa shape index (κ1) is 23.7. The number of aliphatic hydroxyl groups excluding tert-OH is 2. The molecule has 1 spiro atoms. The van der Waals surface area contributed by atoms with Crippen LogP contribution in [0.2, 0.25) is 0 Å². The van der Waals surface area contributed by atoms with Crippen LogP contribution in [0.5, 0.6) is 0 Å². The Morgan fingerprint density at radius 3 is 2.48 bits per heavy atom. The van der Waals surface area contributed by atoms with Crippen LogP contribution in [0.15, 0.2) is 23.3 Å². The summed E-state index contributed by atoms with van der Waals surface area (Å²) in [5, 5.41) is 45.2. The molecule has 5 rings (SSSR count). The molecule has 0 saturated heterocycles. The number of carbonyl (C=O) groups excluding carboxylic acids is 1. The quantitative estimate of drug-likeness (QED) is 0.519. The van der Waals surface area contributed by atoms with Gasteiger partial charge in [-0.2, -0.15) is 0 Å². The van der Waals surface area contributed by atoms with Crippen molar-refractivity contribution in [3.05, 3.63) is 23.3 Å². The van der Waals surface area contributed by atoms with E-state index in [4.69, 9.17) is 0 Å². The molecular formula is C28H42O5. The van der Waals surface area contributed by atoms with Gasteiger partial charge in [-0.1, -0.05) is 52.3 Å². The first-order valence-corrected chi connectivity index (χ1v) is 13.1. The van der Waals surface area contributed by atoms with Crippen LogP contribution in [0.25, 0.3) is 0 Å². The van der Waals surface area contributed by atoms with Crippen molar-refractivity contribution in [2.24, 2.45) is 40.4 Å². The van der Waals surface area contributed by atoms with E-state index >= 15 is 0 Å². The van der Waals surface area contributed by atoms with Gasteiger partial charge in [-0.15, -0.1) is 0 Å². The molecule has 10 atom stereocenters. The fraction of sp³-hybridized carbons (Fsp3) is 0.821. The molecule has 4 N–H and O–H groups in total. The predicted molar refractivity (Wildman–Crippen MR) is 126 cm³/mol. The van der Waals surface area contributed by atoms with Crippen LogP contribution in [-0.4, -0.2) is 49.6 Å². The van der Waals surface area contributed by atoms with Crippen LogP contribution in [0.3, 0.4) is 0 Å². The van der Waals surface area contributed by atoms with E-state index in [0.29, 0.717) is 42.6 Å². The lowest BCUT2D eigenvalue weighted by molar-refractivity contribution is -0.199. The smallest absolute Gasteiger partial charge is 0.170 e. The fourth-order valence-electron chi connectivity index (χ4n) is 8.86. The van der Waals surface area contributed by atoms with Crippen molar-refractivity contribution in [2.45, 2.75) is 103 Å². The monoisotopic (exact) mass is 458 g/mol. The van der Waals surface area contributed by atoms with Crippen LogP contribution >= 0.6 is 0 Å². The summed E-state index contributed by atoms with van der Waals surface area (Å²) in [6, 6.07) is 0. The third kappa shape index (κ3) is 2.77. The molecule has 0 aromatic heterocycles. The van der Waals surface area contributed by atoms with Crippen molar-refractivity contribution in [2.75, 3.05) is 0 Å². The van der Waals surface area contributed by atoms with Crippen molar-refractivity contribution in [3.8, 4) is 0 Å². The first-order valence-electron chi connectivity index (χ1n) is 13.1. The molecule has 0 aromatic rings. The van der Waals surface area contributed by atoms with Gasteiger partial charge in [0.15, 0.2) is 11.4 Å². The number of hydrogen-bond donors (Lipinski definition) is 4. The van der Waals surface area contributed by atoms with Gasteiger partial charge in [-0.05, 0) is 67.3 Å². The van der Waals surface area contributed by atoms with Gasteiger partial charge in [0.25, 0.3) is 0 Å². The van der Waals surface area contributed by atoms with Gasteiger partial charge in [0.05, 0.1) is 17.8 Å². The molecule has 0 heterocycles. The van der Waals surface area contributed by atoms with Crippen molar-refractivity contribution in [1.82, 2.24) is 0 Å². The fourth-order valence-corrected chi connectivity index (χ4v) is 8.86. The average Bonchev–Trinajstić information content (AvgIpc) is 3.23. The Hall–Kier alpha value is -1.01.